The van der Waals surface area contributed by atoms with E-state index in [9.17, 15) is 8.78 Å². The number of aromatic nitrogens is 2. The fourth-order valence-corrected chi connectivity index (χ4v) is 2.18. The average molecular weight is 309 g/mol. The van der Waals surface area contributed by atoms with Crippen LogP contribution in [0.1, 0.15) is 0 Å². The van der Waals surface area contributed by atoms with Crippen molar-refractivity contribution >= 4 is 21.6 Å². The third-order valence-corrected chi connectivity index (χ3v) is 3.10. The molecule has 0 amide bonds. The molecule has 0 unspecified atom stereocenters. The van der Waals surface area contributed by atoms with Gasteiger partial charge in [-0.3, -0.25) is 0 Å². The molecule has 1 aromatic carbocycles. The molecule has 0 radical (unpaired) electrons. The summed E-state index contributed by atoms with van der Waals surface area (Å²) < 4.78 is 29.9. The van der Waals surface area contributed by atoms with Gasteiger partial charge in [-0.2, -0.15) is 0 Å². The summed E-state index contributed by atoms with van der Waals surface area (Å²) in [6.07, 6.45) is 3.38. The maximum atomic E-state index is 13.6. The number of fused-ring (bicyclic) bond motifs is 1. The van der Waals surface area contributed by atoms with Crippen molar-refractivity contribution in [2.45, 2.75) is 0 Å². The molecule has 0 saturated heterocycles. The molecule has 0 bridgehead atoms. The summed E-state index contributed by atoms with van der Waals surface area (Å²) in [6, 6.07) is 7.37. The van der Waals surface area contributed by atoms with Gasteiger partial charge in [-0.15, -0.1) is 0 Å². The molecule has 0 aliphatic heterocycles. The lowest BCUT2D eigenvalue weighted by molar-refractivity contribution is 0.589. The molecule has 2 nitrogen and oxygen atoms in total. The molecule has 0 aliphatic rings. The number of imidazole rings is 1. The topological polar surface area (TPSA) is 17.3 Å². The molecular formula is C13H7BrF2N2. The van der Waals surface area contributed by atoms with Crippen LogP contribution in [0.3, 0.4) is 0 Å². The Morgan fingerprint density at radius 2 is 1.72 bits per heavy atom. The standard InChI is InChI=1S/C13H7BrF2N2/c14-8-4-5-12-17-11(7-18(12)6-8)13-9(15)2-1-3-10(13)16/h1-7H. The van der Waals surface area contributed by atoms with E-state index in [0.717, 1.165) is 4.47 Å². The zero-order valence-corrected chi connectivity index (χ0v) is 10.7. The summed E-state index contributed by atoms with van der Waals surface area (Å²) in [5, 5.41) is 0. The van der Waals surface area contributed by atoms with Crippen molar-refractivity contribution in [2.24, 2.45) is 0 Å². The fourth-order valence-electron chi connectivity index (χ4n) is 1.83. The molecular weight excluding hydrogens is 302 g/mol. The van der Waals surface area contributed by atoms with Crippen LogP contribution in [0.5, 0.6) is 0 Å². The highest BCUT2D eigenvalue weighted by molar-refractivity contribution is 9.10. The molecule has 2 heterocycles. The first-order chi connectivity index (χ1) is 8.65. The van der Waals surface area contributed by atoms with Crippen LogP contribution in [0.25, 0.3) is 16.9 Å². The maximum Gasteiger partial charge on any atom is 0.137 e. The van der Waals surface area contributed by atoms with Crippen molar-refractivity contribution in [3.05, 3.63) is 58.8 Å². The quantitative estimate of drug-likeness (QED) is 0.663. The summed E-state index contributed by atoms with van der Waals surface area (Å²) in [7, 11) is 0. The molecule has 3 rings (SSSR count). The third kappa shape index (κ3) is 1.80. The van der Waals surface area contributed by atoms with Crippen LogP contribution in [-0.2, 0) is 0 Å². The van der Waals surface area contributed by atoms with Crippen LogP contribution in [0.15, 0.2) is 47.2 Å². The Kier molecular flexibility index (Phi) is 2.63. The molecule has 0 spiro atoms. The lowest BCUT2D eigenvalue weighted by Crippen LogP contribution is -1.89. The Morgan fingerprint density at radius 3 is 2.44 bits per heavy atom. The second-order valence-corrected chi connectivity index (χ2v) is 4.75. The smallest absolute Gasteiger partial charge is 0.137 e. The largest absolute Gasteiger partial charge is 0.305 e. The molecule has 0 N–H and O–H groups in total. The molecule has 0 saturated carbocycles. The molecule has 0 aliphatic carbocycles. The van der Waals surface area contributed by atoms with Crippen LogP contribution < -0.4 is 0 Å². The minimum absolute atomic E-state index is 0.0997. The van der Waals surface area contributed by atoms with Crippen LogP contribution in [0.4, 0.5) is 8.78 Å². The van der Waals surface area contributed by atoms with Gasteiger partial charge in [0.25, 0.3) is 0 Å². The minimum Gasteiger partial charge on any atom is -0.305 e. The first-order valence-corrected chi connectivity index (χ1v) is 6.03. The van der Waals surface area contributed by atoms with E-state index in [1.165, 1.54) is 18.2 Å². The summed E-state index contributed by atoms with van der Waals surface area (Å²) >= 11 is 3.33. The molecule has 18 heavy (non-hydrogen) atoms. The van der Waals surface area contributed by atoms with Crippen LogP contribution in [-0.4, -0.2) is 9.38 Å². The van der Waals surface area contributed by atoms with Gasteiger partial charge in [0, 0.05) is 16.9 Å². The summed E-state index contributed by atoms with van der Waals surface area (Å²) in [5.41, 5.74) is 0.817. The molecule has 3 aromatic rings. The van der Waals surface area contributed by atoms with E-state index in [1.807, 2.05) is 6.07 Å². The highest BCUT2D eigenvalue weighted by Crippen LogP contribution is 2.25. The third-order valence-electron chi connectivity index (χ3n) is 2.63. The van der Waals surface area contributed by atoms with E-state index in [0.29, 0.717) is 5.65 Å². The van der Waals surface area contributed by atoms with E-state index in [4.69, 9.17) is 0 Å². The van der Waals surface area contributed by atoms with Gasteiger partial charge in [-0.05, 0) is 40.2 Å². The fraction of sp³-hybridized carbons (Fsp3) is 0. The van der Waals surface area contributed by atoms with Crippen LogP contribution in [0, 0.1) is 11.6 Å². The van der Waals surface area contributed by atoms with Gasteiger partial charge < -0.3 is 4.40 Å². The van der Waals surface area contributed by atoms with Gasteiger partial charge in [-0.25, -0.2) is 13.8 Å². The van der Waals surface area contributed by atoms with Crippen LogP contribution >= 0.6 is 15.9 Å². The lowest BCUT2D eigenvalue weighted by atomic mass is 10.1. The molecule has 90 valence electrons. The van der Waals surface area contributed by atoms with E-state index in [1.54, 1.807) is 22.9 Å². The predicted molar refractivity (Wildman–Crippen MR) is 68.2 cm³/mol. The van der Waals surface area contributed by atoms with E-state index in [2.05, 4.69) is 20.9 Å². The zero-order chi connectivity index (χ0) is 12.7. The number of benzene rings is 1. The molecule has 5 heteroatoms. The van der Waals surface area contributed by atoms with Crippen molar-refractivity contribution in [1.82, 2.24) is 9.38 Å². The number of hydrogen-bond donors (Lipinski definition) is 0. The second kappa shape index (κ2) is 4.17. The number of hydrogen-bond acceptors (Lipinski definition) is 1. The molecule has 0 atom stereocenters. The summed E-state index contributed by atoms with van der Waals surface area (Å²) in [4.78, 5) is 4.21. The summed E-state index contributed by atoms with van der Waals surface area (Å²) in [5.74, 6) is -1.23. The van der Waals surface area contributed by atoms with Gasteiger partial charge in [0.2, 0.25) is 0 Å². The average Bonchev–Trinajstić information content (AvgIpc) is 2.71. The van der Waals surface area contributed by atoms with Gasteiger partial charge >= 0.3 is 0 Å². The van der Waals surface area contributed by atoms with Gasteiger partial charge in [0.15, 0.2) is 0 Å². The highest BCUT2D eigenvalue weighted by atomic mass is 79.9. The molecule has 0 fully saturated rings. The first kappa shape index (κ1) is 11.3. The monoisotopic (exact) mass is 308 g/mol. The van der Waals surface area contributed by atoms with E-state index < -0.39 is 11.6 Å². The zero-order valence-electron chi connectivity index (χ0n) is 9.07. The van der Waals surface area contributed by atoms with Crippen molar-refractivity contribution in [3.8, 4) is 11.3 Å². The Morgan fingerprint density at radius 1 is 1.00 bits per heavy atom. The predicted octanol–water partition coefficient (Wildman–Crippen LogP) is 4.04. The lowest BCUT2D eigenvalue weighted by Gasteiger charge is -1.99. The van der Waals surface area contributed by atoms with Crippen molar-refractivity contribution in [2.75, 3.05) is 0 Å². The van der Waals surface area contributed by atoms with Crippen molar-refractivity contribution in [3.63, 3.8) is 0 Å². The number of nitrogens with zero attached hydrogens (tertiary/aromatic N) is 2. The SMILES string of the molecule is Fc1cccc(F)c1-c1cn2cc(Br)ccc2n1. The minimum atomic E-state index is -0.613. The van der Waals surface area contributed by atoms with E-state index >= 15 is 0 Å². The Hall–Kier alpha value is -1.75. The highest BCUT2D eigenvalue weighted by Gasteiger charge is 2.14. The van der Waals surface area contributed by atoms with Crippen molar-refractivity contribution in [1.29, 1.82) is 0 Å². The summed E-state index contributed by atoms with van der Waals surface area (Å²) in [6.45, 7) is 0. The normalized spacial score (nSPS) is 11.1. The first-order valence-electron chi connectivity index (χ1n) is 5.24. The second-order valence-electron chi connectivity index (χ2n) is 3.84. The number of rotatable bonds is 1. The van der Waals surface area contributed by atoms with Crippen LogP contribution in [0.2, 0.25) is 0 Å². The Bertz CT molecular complexity index is 717. The van der Waals surface area contributed by atoms with Gasteiger partial charge in [0.1, 0.15) is 17.3 Å². The number of pyridine rings is 1. The van der Waals surface area contributed by atoms with E-state index in [-0.39, 0.29) is 11.3 Å². The maximum absolute atomic E-state index is 13.6. The number of halogens is 3. The van der Waals surface area contributed by atoms with Gasteiger partial charge in [-0.1, -0.05) is 6.07 Å². The Labute approximate surface area is 110 Å². The van der Waals surface area contributed by atoms with Crippen molar-refractivity contribution < 1.29 is 8.78 Å². The molecule has 2 aromatic heterocycles. The van der Waals surface area contributed by atoms with Gasteiger partial charge in [0.05, 0.1) is 11.3 Å². The Balaban J connectivity index is 2.26.